The van der Waals surface area contributed by atoms with Gasteiger partial charge in [-0.15, -0.1) is 0 Å². The molecular formula is C21H21N5O5S. The molecule has 0 aliphatic heterocycles. The second-order valence-corrected chi connectivity index (χ2v) is 7.62. The first-order chi connectivity index (χ1) is 15.5. The molecule has 0 radical (unpaired) electrons. The second kappa shape index (κ2) is 11.1. The minimum atomic E-state index is -0.518. The van der Waals surface area contributed by atoms with Gasteiger partial charge in [-0.1, -0.05) is 42.1 Å². The molecule has 0 aliphatic carbocycles. The van der Waals surface area contributed by atoms with Crippen LogP contribution in [0.1, 0.15) is 11.3 Å². The Morgan fingerprint density at radius 1 is 1.09 bits per heavy atom. The fourth-order valence-electron chi connectivity index (χ4n) is 2.79. The summed E-state index contributed by atoms with van der Waals surface area (Å²) in [5.74, 6) is -0.582. The van der Waals surface area contributed by atoms with Crippen LogP contribution in [-0.4, -0.2) is 37.1 Å². The number of imidazole rings is 1. The second-order valence-electron chi connectivity index (χ2n) is 6.68. The molecule has 11 heteroatoms. The van der Waals surface area contributed by atoms with Crippen LogP contribution in [0, 0.1) is 10.1 Å². The quantitative estimate of drug-likeness (QED) is 0.242. The topological polar surface area (TPSA) is 139 Å². The lowest BCUT2D eigenvalue weighted by molar-refractivity contribution is -0.384. The van der Waals surface area contributed by atoms with Crippen LogP contribution in [0.5, 0.6) is 0 Å². The molecule has 32 heavy (non-hydrogen) atoms. The zero-order valence-corrected chi connectivity index (χ0v) is 17.7. The highest BCUT2D eigenvalue weighted by molar-refractivity contribution is 7.99. The van der Waals surface area contributed by atoms with E-state index in [1.54, 1.807) is 4.57 Å². The van der Waals surface area contributed by atoms with E-state index in [9.17, 15) is 24.8 Å². The Morgan fingerprint density at radius 3 is 2.47 bits per heavy atom. The number of non-ortho nitro benzene ring substituents is 1. The van der Waals surface area contributed by atoms with Crippen LogP contribution in [0.3, 0.4) is 0 Å². The highest BCUT2D eigenvalue weighted by atomic mass is 32.2. The summed E-state index contributed by atoms with van der Waals surface area (Å²) >= 11 is 1.12. The molecule has 0 aliphatic rings. The number of benzene rings is 2. The molecule has 0 fully saturated rings. The van der Waals surface area contributed by atoms with Gasteiger partial charge in [0.25, 0.3) is 5.69 Å². The van der Waals surface area contributed by atoms with Gasteiger partial charge < -0.3 is 20.3 Å². The number of nitro groups is 1. The normalized spacial score (nSPS) is 10.5. The molecule has 0 saturated heterocycles. The number of nitrogens with zero attached hydrogens (tertiary/aromatic N) is 3. The summed E-state index contributed by atoms with van der Waals surface area (Å²) in [5.41, 5.74) is 1.78. The van der Waals surface area contributed by atoms with E-state index in [1.165, 1.54) is 30.5 Å². The maximum atomic E-state index is 12.4. The highest BCUT2D eigenvalue weighted by Crippen LogP contribution is 2.20. The molecule has 10 nitrogen and oxygen atoms in total. The van der Waals surface area contributed by atoms with Crippen molar-refractivity contribution >= 4 is 35.0 Å². The van der Waals surface area contributed by atoms with Crippen molar-refractivity contribution in [3.8, 4) is 0 Å². The van der Waals surface area contributed by atoms with Crippen LogP contribution in [0.25, 0.3) is 0 Å². The van der Waals surface area contributed by atoms with Crippen LogP contribution in [-0.2, 0) is 29.3 Å². The first-order valence-corrected chi connectivity index (χ1v) is 10.6. The number of hydrogen-bond acceptors (Lipinski definition) is 7. The number of nitrogens with one attached hydrogen (secondary N) is 2. The van der Waals surface area contributed by atoms with E-state index in [-0.39, 0.29) is 36.4 Å². The summed E-state index contributed by atoms with van der Waals surface area (Å²) in [6, 6.07) is 15.0. The van der Waals surface area contributed by atoms with Crippen LogP contribution in [0.4, 0.5) is 11.4 Å². The highest BCUT2D eigenvalue weighted by Gasteiger charge is 2.15. The predicted octanol–water partition coefficient (Wildman–Crippen LogP) is 2.33. The van der Waals surface area contributed by atoms with Crippen molar-refractivity contribution in [3.63, 3.8) is 0 Å². The maximum Gasteiger partial charge on any atom is 0.269 e. The largest absolute Gasteiger partial charge is 0.390 e. The van der Waals surface area contributed by atoms with Gasteiger partial charge >= 0.3 is 0 Å². The Labute approximate surface area is 187 Å². The first-order valence-electron chi connectivity index (χ1n) is 9.59. The number of aliphatic hydroxyl groups is 1. The lowest BCUT2D eigenvalue weighted by Gasteiger charge is -2.11. The zero-order chi connectivity index (χ0) is 22.9. The van der Waals surface area contributed by atoms with E-state index in [0.717, 1.165) is 17.3 Å². The van der Waals surface area contributed by atoms with E-state index >= 15 is 0 Å². The van der Waals surface area contributed by atoms with Gasteiger partial charge in [-0.2, -0.15) is 0 Å². The predicted molar refractivity (Wildman–Crippen MR) is 119 cm³/mol. The van der Waals surface area contributed by atoms with Crippen molar-refractivity contribution in [1.82, 2.24) is 14.9 Å². The van der Waals surface area contributed by atoms with Crippen molar-refractivity contribution in [1.29, 1.82) is 0 Å². The molecular weight excluding hydrogens is 434 g/mol. The van der Waals surface area contributed by atoms with Gasteiger partial charge in [0.05, 0.1) is 29.2 Å². The molecule has 1 aromatic heterocycles. The molecule has 0 bridgehead atoms. The Bertz CT molecular complexity index is 1090. The van der Waals surface area contributed by atoms with E-state index in [4.69, 9.17) is 0 Å². The fraction of sp³-hybridized carbons (Fsp3) is 0.190. The van der Waals surface area contributed by atoms with Crippen LogP contribution in [0.2, 0.25) is 0 Å². The zero-order valence-electron chi connectivity index (χ0n) is 16.9. The van der Waals surface area contributed by atoms with Crippen molar-refractivity contribution in [2.75, 3.05) is 11.1 Å². The average Bonchev–Trinajstić information content (AvgIpc) is 3.18. The summed E-state index contributed by atoms with van der Waals surface area (Å²) in [6.07, 6.45) is 1.46. The SMILES string of the molecule is O=C(Cn1c(CO)cnc1SCC(=O)Nc1ccc([N+](=O)[O-])cc1)NCc1ccccc1. The third kappa shape index (κ3) is 6.40. The number of nitro benzene ring substituents is 1. The number of amides is 2. The lowest BCUT2D eigenvalue weighted by Crippen LogP contribution is -2.28. The Hall–Kier alpha value is -3.70. The molecule has 2 amide bonds. The number of anilines is 1. The number of aromatic nitrogens is 2. The summed E-state index contributed by atoms with van der Waals surface area (Å²) in [4.78, 5) is 39.0. The Morgan fingerprint density at radius 2 is 1.81 bits per heavy atom. The van der Waals surface area contributed by atoms with E-state index < -0.39 is 4.92 Å². The number of rotatable bonds is 10. The Balaban J connectivity index is 1.56. The molecule has 0 saturated carbocycles. The standard InChI is InChI=1S/C21H21N5O5S/c27-13-18-11-23-21(25(18)12-19(28)22-10-15-4-2-1-3-5-15)32-14-20(29)24-16-6-8-17(9-7-16)26(30)31/h1-9,11,27H,10,12-14H2,(H,22,28)(H,24,29). The first kappa shape index (κ1) is 23.0. The Kier molecular flexibility index (Phi) is 7.95. The molecule has 0 spiro atoms. The third-order valence-corrected chi connectivity index (χ3v) is 5.38. The van der Waals surface area contributed by atoms with Crippen molar-refractivity contribution in [3.05, 3.63) is 82.2 Å². The van der Waals surface area contributed by atoms with Crippen LogP contribution < -0.4 is 10.6 Å². The summed E-state index contributed by atoms with van der Waals surface area (Å²) in [7, 11) is 0. The lowest BCUT2D eigenvalue weighted by atomic mass is 10.2. The molecule has 1 heterocycles. The monoisotopic (exact) mass is 455 g/mol. The average molecular weight is 455 g/mol. The minimum Gasteiger partial charge on any atom is -0.390 e. The molecule has 0 unspecified atom stereocenters. The number of carbonyl (C=O) groups is 2. The van der Waals surface area contributed by atoms with E-state index in [2.05, 4.69) is 15.6 Å². The summed E-state index contributed by atoms with van der Waals surface area (Å²) < 4.78 is 1.56. The summed E-state index contributed by atoms with van der Waals surface area (Å²) in [5, 5.41) is 26.1. The van der Waals surface area contributed by atoms with Gasteiger partial charge in [0, 0.05) is 24.4 Å². The van der Waals surface area contributed by atoms with Crippen molar-refractivity contribution < 1.29 is 19.6 Å². The third-order valence-electron chi connectivity index (χ3n) is 4.39. The molecule has 2 aromatic carbocycles. The van der Waals surface area contributed by atoms with Crippen molar-refractivity contribution in [2.45, 2.75) is 24.9 Å². The van der Waals surface area contributed by atoms with Gasteiger partial charge in [0.1, 0.15) is 6.54 Å². The molecule has 166 valence electrons. The number of hydrogen-bond donors (Lipinski definition) is 3. The van der Waals surface area contributed by atoms with Crippen LogP contribution >= 0.6 is 11.8 Å². The van der Waals surface area contributed by atoms with Gasteiger partial charge in [0.2, 0.25) is 11.8 Å². The van der Waals surface area contributed by atoms with Gasteiger partial charge in [-0.25, -0.2) is 4.98 Å². The molecule has 3 aromatic rings. The van der Waals surface area contributed by atoms with Crippen LogP contribution in [0.15, 0.2) is 66.0 Å². The number of thioether (sulfide) groups is 1. The van der Waals surface area contributed by atoms with Gasteiger partial charge in [-0.05, 0) is 17.7 Å². The van der Waals surface area contributed by atoms with Crippen molar-refractivity contribution in [2.24, 2.45) is 0 Å². The van der Waals surface area contributed by atoms with E-state index in [1.807, 2.05) is 30.3 Å². The van der Waals surface area contributed by atoms with E-state index in [0.29, 0.717) is 23.1 Å². The van der Waals surface area contributed by atoms with Gasteiger partial charge in [0.15, 0.2) is 5.16 Å². The number of aliphatic hydroxyl groups excluding tert-OH is 1. The van der Waals surface area contributed by atoms with Gasteiger partial charge in [-0.3, -0.25) is 19.7 Å². The molecule has 0 atom stereocenters. The molecule has 3 rings (SSSR count). The smallest absolute Gasteiger partial charge is 0.269 e. The summed E-state index contributed by atoms with van der Waals surface area (Å²) in [6.45, 7) is 0.0342. The number of carbonyl (C=O) groups excluding carboxylic acids is 2. The molecule has 3 N–H and O–H groups in total. The maximum absolute atomic E-state index is 12.4. The minimum absolute atomic E-state index is 0.00447. The fourth-order valence-corrected chi connectivity index (χ4v) is 3.59.